The molecule has 2 amide bonds. The van der Waals surface area contributed by atoms with E-state index in [-0.39, 0.29) is 30.1 Å². The van der Waals surface area contributed by atoms with Crippen LogP contribution in [0.4, 0.5) is 0 Å². The summed E-state index contributed by atoms with van der Waals surface area (Å²) in [5, 5.41) is 2.88. The minimum Gasteiger partial charge on any atom is -0.356 e. The van der Waals surface area contributed by atoms with Gasteiger partial charge < -0.3 is 16.0 Å². The number of likely N-dealkylation sites (tertiary alicyclic amines) is 1. The maximum atomic E-state index is 11.8. The van der Waals surface area contributed by atoms with E-state index in [0.717, 1.165) is 25.8 Å². The molecule has 0 aromatic heterocycles. The topological polar surface area (TPSA) is 75.4 Å². The monoisotopic (exact) mass is 277 g/mol. The summed E-state index contributed by atoms with van der Waals surface area (Å²) in [6, 6.07) is -0.479. The second kappa shape index (κ2) is 8.32. The Labute approximate surface area is 115 Å². The quantitative estimate of drug-likeness (QED) is 0.787. The summed E-state index contributed by atoms with van der Waals surface area (Å²) in [5.41, 5.74) is 5.58. The van der Waals surface area contributed by atoms with Crippen LogP contribution < -0.4 is 11.1 Å². The molecular weight excluding hydrogens is 254 g/mol. The molecule has 1 saturated heterocycles. The lowest BCUT2D eigenvalue weighted by Gasteiger charge is -2.33. The van der Waals surface area contributed by atoms with Gasteiger partial charge in [-0.2, -0.15) is 0 Å². The van der Waals surface area contributed by atoms with Gasteiger partial charge in [-0.15, -0.1) is 12.4 Å². The first-order valence-electron chi connectivity index (χ1n) is 6.38. The molecular formula is C12H24ClN3O2. The zero-order chi connectivity index (χ0) is 12.8. The van der Waals surface area contributed by atoms with E-state index >= 15 is 0 Å². The van der Waals surface area contributed by atoms with Gasteiger partial charge in [-0.3, -0.25) is 9.59 Å². The Morgan fingerprint density at radius 1 is 1.50 bits per heavy atom. The molecule has 1 unspecified atom stereocenters. The van der Waals surface area contributed by atoms with E-state index in [1.54, 1.807) is 11.8 Å². The summed E-state index contributed by atoms with van der Waals surface area (Å²) < 4.78 is 0. The predicted molar refractivity (Wildman–Crippen MR) is 73.5 cm³/mol. The first-order valence-corrected chi connectivity index (χ1v) is 6.38. The van der Waals surface area contributed by atoms with Gasteiger partial charge in [0.2, 0.25) is 11.8 Å². The minimum absolute atomic E-state index is 0. The molecule has 6 heteroatoms. The van der Waals surface area contributed by atoms with Crippen LogP contribution in [0.1, 0.15) is 33.1 Å². The second-order valence-electron chi connectivity index (χ2n) is 4.70. The predicted octanol–water partition coefficient (Wildman–Crippen LogP) is 0.520. The zero-order valence-corrected chi connectivity index (χ0v) is 12.0. The van der Waals surface area contributed by atoms with E-state index < -0.39 is 6.04 Å². The smallest absolute Gasteiger partial charge is 0.239 e. The molecule has 1 heterocycles. The van der Waals surface area contributed by atoms with Crippen molar-refractivity contribution in [2.24, 2.45) is 11.7 Å². The number of rotatable bonds is 4. The number of amides is 2. The van der Waals surface area contributed by atoms with Crippen molar-refractivity contribution >= 4 is 24.2 Å². The van der Waals surface area contributed by atoms with Gasteiger partial charge in [0.1, 0.15) is 0 Å². The van der Waals surface area contributed by atoms with Crippen molar-refractivity contribution in [2.45, 2.75) is 39.2 Å². The Morgan fingerprint density at radius 2 is 2.17 bits per heavy atom. The molecule has 1 aliphatic heterocycles. The van der Waals surface area contributed by atoms with E-state index in [1.165, 1.54) is 0 Å². The van der Waals surface area contributed by atoms with Gasteiger partial charge in [0, 0.05) is 19.6 Å². The molecule has 0 aromatic carbocycles. The Morgan fingerprint density at radius 3 is 2.72 bits per heavy atom. The van der Waals surface area contributed by atoms with Gasteiger partial charge in [-0.1, -0.05) is 6.92 Å². The van der Waals surface area contributed by atoms with Crippen LogP contribution in [0.2, 0.25) is 0 Å². The van der Waals surface area contributed by atoms with Crippen molar-refractivity contribution in [2.75, 3.05) is 19.6 Å². The molecule has 106 valence electrons. The maximum Gasteiger partial charge on any atom is 0.239 e. The van der Waals surface area contributed by atoms with Crippen molar-refractivity contribution in [3.63, 3.8) is 0 Å². The zero-order valence-electron chi connectivity index (χ0n) is 11.1. The van der Waals surface area contributed by atoms with Crippen LogP contribution in [-0.4, -0.2) is 42.4 Å². The first kappa shape index (κ1) is 17.2. The maximum absolute atomic E-state index is 11.8. The summed E-state index contributed by atoms with van der Waals surface area (Å²) in [7, 11) is 0. The molecule has 0 aromatic rings. The lowest BCUT2D eigenvalue weighted by atomic mass is 9.96. The number of nitrogens with zero attached hydrogens (tertiary/aromatic N) is 1. The highest BCUT2D eigenvalue weighted by molar-refractivity contribution is 5.85. The van der Waals surface area contributed by atoms with Gasteiger partial charge in [0.15, 0.2) is 0 Å². The molecule has 1 rings (SSSR count). The van der Waals surface area contributed by atoms with Crippen LogP contribution in [-0.2, 0) is 9.59 Å². The third-order valence-corrected chi connectivity index (χ3v) is 3.04. The third kappa shape index (κ3) is 4.82. The van der Waals surface area contributed by atoms with Crippen molar-refractivity contribution < 1.29 is 9.59 Å². The Balaban J connectivity index is 0.00000289. The Hall–Kier alpha value is -0.810. The normalized spacial score (nSPS) is 20.8. The van der Waals surface area contributed by atoms with Crippen LogP contribution in [0.15, 0.2) is 0 Å². The summed E-state index contributed by atoms with van der Waals surface area (Å²) >= 11 is 0. The highest BCUT2D eigenvalue weighted by Crippen LogP contribution is 2.17. The molecule has 5 nitrogen and oxygen atoms in total. The first-order chi connectivity index (χ1) is 8.06. The van der Waals surface area contributed by atoms with E-state index in [9.17, 15) is 9.59 Å². The van der Waals surface area contributed by atoms with Crippen LogP contribution in [0.3, 0.4) is 0 Å². The lowest BCUT2D eigenvalue weighted by molar-refractivity contribution is -0.136. The van der Waals surface area contributed by atoms with Crippen LogP contribution >= 0.6 is 12.4 Å². The van der Waals surface area contributed by atoms with E-state index in [1.807, 2.05) is 6.92 Å². The molecule has 0 radical (unpaired) electrons. The largest absolute Gasteiger partial charge is 0.356 e. The van der Waals surface area contributed by atoms with E-state index in [4.69, 9.17) is 5.73 Å². The number of piperidine rings is 1. The number of nitrogens with one attached hydrogen (secondary N) is 1. The molecule has 0 saturated carbocycles. The molecule has 1 fully saturated rings. The van der Waals surface area contributed by atoms with E-state index in [2.05, 4.69) is 5.32 Å². The fraction of sp³-hybridized carbons (Fsp3) is 0.833. The van der Waals surface area contributed by atoms with Gasteiger partial charge in [0.05, 0.1) is 12.0 Å². The molecule has 0 aliphatic carbocycles. The van der Waals surface area contributed by atoms with Crippen molar-refractivity contribution in [3.8, 4) is 0 Å². The number of nitrogens with two attached hydrogens (primary N) is 1. The SMILES string of the molecule is CCCNC(=O)C1CCCN(C(=O)[C@H](C)N)C1.Cl. The number of halogens is 1. The third-order valence-electron chi connectivity index (χ3n) is 3.04. The molecule has 3 N–H and O–H groups in total. The lowest BCUT2D eigenvalue weighted by Crippen LogP contribution is -2.49. The van der Waals surface area contributed by atoms with Gasteiger partial charge in [-0.05, 0) is 26.2 Å². The fourth-order valence-corrected chi connectivity index (χ4v) is 2.07. The average molecular weight is 278 g/mol. The Kier molecular flexibility index (Phi) is 7.95. The number of hydrogen-bond acceptors (Lipinski definition) is 3. The van der Waals surface area contributed by atoms with Crippen LogP contribution in [0.5, 0.6) is 0 Å². The van der Waals surface area contributed by atoms with Gasteiger partial charge in [-0.25, -0.2) is 0 Å². The molecule has 0 bridgehead atoms. The van der Waals surface area contributed by atoms with Gasteiger partial charge >= 0.3 is 0 Å². The number of hydrogen-bond donors (Lipinski definition) is 2. The van der Waals surface area contributed by atoms with Gasteiger partial charge in [0.25, 0.3) is 0 Å². The second-order valence-corrected chi connectivity index (χ2v) is 4.70. The minimum atomic E-state index is -0.479. The summed E-state index contributed by atoms with van der Waals surface area (Å²) in [6.45, 7) is 5.64. The summed E-state index contributed by atoms with van der Waals surface area (Å²) in [6.07, 6.45) is 2.67. The standard InChI is InChI=1S/C12H23N3O2.ClH/c1-3-6-14-11(16)10-5-4-7-15(8-10)12(17)9(2)13;/h9-10H,3-8,13H2,1-2H3,(H,14,16);1H/t9-,10?;/m0./s1. The Bertz CT molecular complexity index is 284. The highest BCUT2D eigenvalue weighted by atomic mass is 35.5. The number of carbonyl (C=O) groups excluding carboxylic acids is 2. The highest BCUT2D eigenvalue weighted by Gasteiger charge is 2.29. The summed E-state index contributed by atoms with van der Waals surface area (Å²) in [4.78, 5) is 25.3. The van der Waals surface area contributed by atoms with Crippen molar-refractivity contribution in [3.05, 3.63) is 0 Å². The molecule has 0 spiro atoms. The fourth-order valence-electron chi connectivity index (χ4n) is 2.07. The van der Waals surface area contributed by atoms with Crippen molar-refractivity contribution in [1.29, 1.82) is 0 Å². The average Bonchev–Trinajstić information content (AvgIpc) is 2.35. The molecule has 1 aliphatic rings. The molecule has 2 atom stereocenters. The van der Waals surface area contributed by atoms with Crippen LogP contribution in [0, 0.1) is 5.92 Å². The molecule has 18 heavy (non-hydrogen) atoms. The number of carbonyl (C=O) groups is 2. The van der Waals surface area contributed by atoms with E-state index in [0.29, 0.717) is 13.1 Å². The van der Waals surface area contributed by atoms with Crippen molar-refractivity contribution in [1.82, 2.24) is 10.2 Å². The van der Waals surface area contributed by atoms with Crippen LogP contribution in [0.25, 0.3) is 0 Å². The summed E-state index contributed by atoms with van der Waals surface area (Å²) in [5.74, 6) is -0.0648.